The smallest absolute Gasteiger partial charge is 0.307 e. The maximum absolute atomic E-state index is 12.7. The van der Waals surface area contributed by atoms with Crippen LogP contribution in [-0.2, 0) is 14.4 Å². The van der Waals surface area contributed by atoms with Gasteiger partial charge in [0.25, 0.3) is 0 Å². The largest absolute Gasteiger partial charge is 0.481 e. The lowest BCUT2D eigenvalue weighted by Gasteiger charge is -2.24. The van der Waals surface area contributed by atoms with Gasteiger partial charge in [-0.2, -0.15) is 0 Å². The predicted octanol–water partition coefficient (Wildman–Crippen LogP) is 5.45. The van der Waals surface area contributed by atoms with Crippen molar-refractivity contribution in [2.45, 2.75) is 36.3 Å². The number of carbonyl (C=O) groups is 3. The van der Waals surface area contributed by atoms with Crippen LogP contribution in [0.25, 0.3) is 0 Å². The van der Waals surface area contributed by atoms with Gasteiger partial charge in [-0.15, -0.1) is 11.8 Å². The predicted molar refractivity (Wildman–Crippen MR) is 128 cm³/mol. The summed E-state index contributed by atoms with van der Waals surface area (Å²) in [6.07, 6.45) is 5.03. The van der Waals surface area contributed by atoms with Crippen LogP contribution in [0.1, 0.15) is 26.2 Å². The number of aliphatic carboxylic acids is 1. The van der Waals surface area contributed by atoms with Gasteiger partial charge in [0.15, 0.2) is 0 Å². The minimum atomic E-state index is -0.962. The first kappa shape index (κ1) is 23.9. The highest BCUT2D eigenvalue weighted by Gasteiger charge is 2.34. The van der Waals surface area contributed by atoms with Crippen LogP contribution in [0.2, 0.25) is 5.02 Å². The van der Waals surface area contributed by atoms with E-state index in [1.165, 1.54) is 11.8 Å². The molecule has 1 aliphatic rings. The second-order valence-corrected chi connectivity index (χ2v) is 9.23. The Labute approximate surface area is 196 Å². The number of hydrogen-bond donors (Lipinski definition) is 3. The molecule has 0 saturated carbocycles. The second kappa shape index (κ2) is 11.2. The van der Waals surface area contributed by atoms with Crippen molar-refractivity contribution >= 4 is 52.5 Å². The molecule has 32 heavy (non-hydrogen) atoms. The van der Waals surface area contributed by atoms with Crippen molar-refractivity contribution in [3.8, 4) is 0 Å². The van der Waals surface area contributed by atoms with Crippen molar-refractivity contribution in [3.05, 3.63) is 65.7 Å². The molecule has 3 unspecified atom stereocenters. The fourth-order valence-electron chi connectivity index (χ4n) is 3.50. The molecule has 3 N–H and O–H groups in total. The number of carboxylic acid groups (broad SMARTS) is 1. The third-order valence-corrected chi connectivity index (χ3v) is 6.85. The quantitative estimate of drug-likeness (QED) is 0.350. The van der Waals surface area contributed by atoms with Crippen LogP contribution in [0.15, 0.2) is 65.6 Å². The standard InChI is InChI=1S/C24H25ClN2O4S/c1-2-21(23(29)26-16-12-10-15(25)11-13-16)32-18-7-5-6-17(14-18)27-22(28)19-8-3-4-9-20(19)24(30)31/h3-7,10-14,19-21H,2,8-9H2,1H3,(H,26,29)(H,27,28)(H,30,31). The summed E-state index contributed by atoms with van der Waals surface area (Å²) in [5, 5.41) is 15.4. The van der Waals surface area contributed by atoms with Gasteiger partial charge in [-0.25, -0.2) is 0 Å². The van der Waals surface area contributed by atoms with Gasteiger partial charge >= 0.3 is 5.97 Å². The molecule has 3 atom stereocenters. The van der Waals surface area contributed by atoms with Gasteiger partial charge in [0.05, 0.1) is 17.1 Å². The number of nitrogens with one attached hydrogen (secondary N) is 2. The Kier molecular flexibility index (Phi) is 8.36. The second-order valence-electron chi connectivity index (χ2n) is 7.52. The topological polar surface area (TPSA) is 95.5 Å². The number of carbonyl (C=O) groups excluding carboxylic acids is 2. The summed E-state index contributed by atoms with van der Waals surface area (Å²) in [6, 6.07) is 14.2. The molecule has 3 rings (SSSR count). The zero-order valence-electron chi connectivity index (χ0n) is 17.6. The Hall–Kier alpha value is -2.77. The van der Waals surface area contributed by atoms with E-state index < -0.39 is 17.8 Å². The normalized spacial score (nSPS) is 18.6. The van der Waals surface area contributed by atoms with Crippen molar-refractivity contribution in [1.29, 1.82) is 0 Å². The highest BCUT2D eigenvalue weighted by molar-refractivity contribution is 8.00. The zero-order valence-corrected chi connectivity index (χ0v) is 19.2. The Morgan fingerprint density at radius 1 is 1.03 bits per heavy atom. The number of allylic oxidation sites excluding steroid dienone is 2. The maximum Gasteiger partial charge on any atom is 0.307 e. The van der Waals surface area contributed by atoms with Crippen LogP contribution in [0.5, 0.6) is 0 Å². The molecule has 2 aromatic rings. The van der Waals surface area contributed by atoms with Crippen molar-refractivity contribution in [3.63, 3.8) is 0 Å². The molecule has 2 aromatic carbocycles. The average molecular weight is 473 g/mol. The summed E-state index contributed by atoms with van der Waals surface area (Å²) in [4.78, 5) is 37.7. The lowest BCUT2D eigenvalue weighted by molar-refractivity contribution is -0.146. The third kappa shape index (κ3) is 6.37. The fraction of sp³-hybridized carbons (Fsp3) is 0.292. The maximum atomic E-state index is 12.7. The van der Waals surface area contributed by atoms with Crippen LogP contribution >= 0.6 is 23.4 Å². The average Bonchev–Trinajstić information content (AvgIpc) is 2.79. The molecule has 8 heteroatoms. The summed E-state index contributed by atoms with van der Waals surface area (Å²) in [5.74, 6) is -2.72. The van der Waals surface area contributed by atoms with E-state index in [2.05, 4.69) is 10.6 Å². The monoisotopic (exact) mass is 472 g/mol. The molecule has 168 valence electrons. The molecular formula is C24H25ClN2O4S. The summed E-state index contributed by atoms with van der Waals surface area (Å²) >= 11 is 7.30. The number of rotatable bonds is 8. The molecule has 0 spiro atoms. The molecule has 0 radical (unpaired) electrons. The first-order valence-corrected chi connectivity index (χ1v) is 11.6. The van der Waals surface area contributed by atoms with Gasteiger partial charge < -0.3 is 15.7 Å². The summed E-state index contributed by atoms with van der Waals surface area (Å²) in [5.41, 5.74) is 1.25. The molecule has 0 aromatic heterocycles. The van der Waals surface area contributed by atoms with Crippen LogP contribution in [0.3, 0.4) is 0 Å². The third-order valence-electron chi connectivity index (χ3n) is 5.24. The Morgan fingerprint density at radius 2 is 1.72 bits per heavy atom. The first-order valence-electron chi connectivity index (χ1n) is 10.4. The molecule has 0 heterocycles. The summed E-state index contributed by atoms with van der Waals surface area (Å²) < 4.78 is 0. The highest BCUT2D eigenvalue weighted by atomic mass is 35.5. The Bertz CT molecular complexity index is 1010. The number of amides is 2. The Balaban J connectivity index is 1.64. The first-order chi connectivity index (χ1) is 15.4. The van der Waals surface area contributed by atoms with Crippen LogP contribution in [0, 0.1) is 11.8 Å². The van der Waals surface area contributed by atoms with E-state index in [0.29, 0.717) is 35.7 Å². The van der Waals surface area contributed by atoms with Crippen molar-refractivity contribution in [1.82, 2.24) is 0 Å². The minimum Gasteiger partial charge on any atom is -0.481 e. The van der Waals surface area contributed by atoms with Gasteiger partial charge in [0, 0.05) is 21.3 Å². The van der Waals surface area contributed by atoms with Gasteiger partial charge in [0.1, 0.15) is 0 Å². The van der Waals surface area contributed by atoms with Crippen molar-refractivity contribution < 1.29 is 19.5 Å². The lowest BCUT2D eigenvalue weighted by Crippen LogP contribution is -2.34. The number of halogens is 1. The minimum absolute atomic E-state index is 0.118. The highest BCUT2D eigenvalue weighted by Crippen LogP contribution is 2.30. The summed E-state index contributed by atoms with van der Waals surface area (Å²) in [6.45, 7) is 1.94. The van der Waals surface area contributed by atoms with Gasteiger partial charge in [-0.1, -0.05) is 36.7 Å². The van der Waals surface area contributed by atoms with E-state index in [0.717, 1.165) is 4.90 Å². The molecular weight excluding hydrogens is 448 g/mol. The molecule has 6 nitrogen and oxygen atoms in total. The number of benzene rings is 2. The molecule has 0 fully saturated rings. The summed E-state index contributed by atoms with van der Waals surface area (Å²) in [7, 11) is 0. The van der Waals surface area contributed by atoms with Crippen LogP contribution in [0.4, 0.5) is 11.4 Å². The number of thioether (sulfide) groups is 1. The van der Waals surface area contributed by atoms with E-state index in [1.54, 1.807) is 48.5 Å². The Morgan fingerprint density at radius 3 is 2.38 bits per heavy atom. The van der Waals surface area contributed by atoms with Gasteiger partial charge in [-0.05, 0) is 61.7 Å². The SMILES string of the molecule is CCC(Sc1cccc(NC(=O)C2CC=CCC2C(=O)O)c1)C(=O)Nc1ccc(Cl)cc1. The number of hydrogen-bond acceptors (Lipinski definition) is 4. The fourth-order valence-corrected chi connectivity index (χ4v) is 4.64. The van der Waals surface area contributed by atoms with Crippen LogP contribution < -0.4 is 10.6 Å². The number of carboxylic acids is 1. The number of anilines is 2. The van der Waals surface area contributed by atoms with Crippen molar-refractivity contribution in [2.75, 3.05) is 10.6 Å². The van der Waals surface area contributed by atoms with Crippen LogP contribution in [-0.4, -0.2) is 28.1 Å². The molecule has 2 amide bonds. The molecule has 0 saturated heterocycles. The van der Waals surface area contributed by atoms with E-state index >= 15 is 0 Å². The van der Waals surface area contributed by atoms with E-state index in [-0.39, 0.29) is 17.1 Å². The zero-order chi connectivity index (χ0) is 23.1. The molecule has 1 aliphatic carbocycles. The van der Waals surface area contributed by atoms with Crippen molar-refractivity contribution in [2.24, 2.45) is 11.8 Å². The van der Waals surface area contributed by atoms with E-state index in [4.69, 9.17) is 11.6 Å². The molecule has 0 aliphatic heterocycles. The van der Waals surface area contributed by atoms with E-state index in [1.807, 2.05) is 19.1 Å². The van der Waals surface area contributed by atoms with Gasteiger partial charge in [0.2, 0.25) is 11.8 Å². The van der Waals surface area contributed by atoms with E-state index in [9.17, 15) is 19.5 Å². The lowest BCUT2D eigenvalue weighted by atomic mass is 9.82. The molecule has 0 bridgehead atoms. The van der Waals surface area contributed by atoms with Gasteiger partial charge in [-0.3, -0.25) is 14.4 Å².